The van der Waals surface area contributed by atoms with Crippen LogP contribution in [-0.2, 0) is 14.3 Å². The lowest BCUT2D eigenvalue weighted by Crippen LogP contribution is -2.37. The van der Waals surface area contributed by atoms with Crippen LogP contribution in [0.15, 0.2) is 34.5 Å². The number of halogens is 3. The molecule has 0 aromatic carbocycles. The van der Waals surface area contributed by atoms with Crippen LogP contribution in [0.1, 0.15) is 6.92 Å². The van der Waals surface area contributed by atoms with Gasteiger partial charge in [0.15, 0.2) is 0 Å². The Bertz CT molecular complexity index is 582. The van der Waals surface area contributed by atoms with Crippen molar-refractivity contribution in [3.63, 3.8) is 0 Å². The van der Waals surface area contributed by atoms with Crippen LogP contribution >= 0.6 is 46.6 Å². The van der Waals surface area contributed by atoms with Crippen molar-refractivity contribution in [1.82, 2.24) is 10.6 Å². The summed E-state index contributed by atoms with van der Waals surface area (Å²) in [5, 5.41) is 5.64. The number of thioether (sulfide) groups is 1. The summed E-state index contributed by atoms with van der Waals surface area (Å²) in [4.78, 5) is 24.2. The summed E-state index contributed by atoms with van der Waals surface area (Å²) < 4.78 is 3.31. The summed E-state index contributed by atoms with van der Waals surface area (Å²) in [5.74, 6) is -0.243. The van der Waals surface area contributed by atoms with Gasteiger partial charge in [0.1, 0.15) is 12.6 Å². The standard InChI is InChI=1S/C13H13Cl3N2O3S/c1-7-11(22-5-10(19)18-7)8-2-3-17-9(4-8)12(20)21-6-13(14,15)16/h2-4,9,17H,5-6H2,1H3,(H,18,19). The number of ether oxygens (including phenoxy) is 1. The summed E-state index contributed by atoms with van der Waals surface area (Å²) >= 11 is 18.1. The number of hydrogen-bond donors (Lipinski definition) is 2. The number of hydrogen-bond acceptors (Lipinski definition) is 5. The minimum atomic E-state index is -1.64. The smallest absolute Gasteiger partial charge is 0.332 e. The van der Waals surface area contributed by atoms with E-state index in [1.165, 1.54) is 11.8 Å². The summed E-state index contributed by atoms with van der Waals surface area (Å²) in [6.07, 6.45) is 5.18. The number of rotatable bonds is 3. The first kappa shape index (κ1) is 17.5. The molecule has 0 fully saturated rings. The lowest BCUT2D eigenvalue weighted by molar-refractivity contribution is -0.144. The second-order valence-corrected chi connectivity index (χ2v) is 8.12. The van der Waals surface area contributed by atoms with Crippen LogP contribution in [0.2, 0.25) is 0 Å². The van der Waals surface area contributed by atoms with Gasteiger partial charge in [0.05, 0.1) is 5.75 Å². The molecule has 9 heteroatoms. The molecule has 120 valence electrons. The molecule has 0 aromatic heterocycles. The van der Waals surface area contributed by atoms with Gasteiger partial charge in [-0.15, -0.1) is 11.8 Å². The third kappa shape index (κ3) is 4.84. The normalized spacial score (nSPS) is 21.9. The van der Waals surface area contributed by atoms with Crippen LogP contribution in [0.25, 0.3) is 0 Å². The average Bonchev–Trinajstić information content (AvgIpc) is 2.44. The van der Waals surface area contributed by atoms with Crippen LogP contribution in [-0.4, -0.2) is 34.1 Å². The maximum Gasteiger partial charge on any atom is 0.332 e. The van der Waals surface area contributed by atoms with Gasteiger partial charge >= 0.3 is 5.97 Å². The van der Waals surface area contributed by atoms with Gasteiger partial charge in [-0.3, -0.25) is 4.79 Å². The number of carbonyl (C=O) groups is 2. The Hall–Kier alpha value is -0.820. The van der Waals surface area contributed by atoms with E-state index in [-0.39, 0.29) is 12.5 Å². The highest BCUT2D eigenvalue weighted by Gasteiger charge is 2.27. The van der Waals surface area contributed by atoms with Crippen molar-refractivity contribution in [2.45, 2.75) is 16.8 Å². The van der Waals surface area contributed by atoms with Crippen molar-refractivity contribution in [3.05, 3.63) is 34.5 Å². The maximum atomic E-state index is 12.0. The van der Waals surface area contributed by atoms with Crippen molar-refractivity contribution in [1.29, 1.82) is 0 Å². The van der Waals surface area contributed by atoms with E-state index < -0.39 is 15.8 Å². The Morgan fingerprint density at radius 2 is 2.23 bits per heavy atom. The molecule has 0 saturated carbocycles. The molecule has 1 atom stereocenters. The van der Waals surface area contributed by atoms with E-state index in [9.17, 15) is 9.59 Å². The zero-order valence-corrected chi connectivity index (χ0v) is 14.6. The van der Waals surface area contributed by atoms with Crippen molar-refractivity contribution in [2.75, 3.05) is 12.4 Å². The molecule has 1 amide bonds. The Morgan fingerprint density at radius 1 is 1.50 bits per heavy atom. The Labute approximate surface area is 147 Å². The summed E-state index contributed by atoms with van der Waals surface area (Å²) in [6.45, 7) is 1.49. The molecular weight excluding hydrogens is 371 g/mol. The number of alkyl halides is 3. The van der Waals surface area contributed by atoms with Gasteiger partial charge < -0.3 is 15.4 Å². The van der Waals surface area contributed by atoms with E-state index in [1.54, 1.807) is 12.3 Å². The molecule has 0 aromatic rings. The molecule has 2 aliphatic rings. The predicted octanol–water partition coefficient (Wildman–Crippen LogP) is 2.41. The average molecular weight is 384 g/mol. The van der Waals surface area contributed by atoms with Gasteiger partial charge in [-0.05, 0) is 30.8 Å². The second kappa shape index (κ2) is 7.17. The number of carbonyl (C=O) groups excluding carboxylic acids is 2. The van der Waals surface area contributed by atoms with E-state index in [0.717, 1.165) is 16.2 Å². The fourth-order valence-corrected chi connectivity index (χ4v) is 2.98. The summed E-state index contributed by atoms with van der Waals surface area (Å²) in [6, 6.07) is -0.675. The number of amides is 1. The number of dihydropyridines is 1. The van der Waals surface area contributed by atoms with Gasteiger partial charge in [-0.2, -0.15) is 0 Å². The van der Waals surface area contributed by atoms with Gasteiger partial charge in [0.25, 0.3) is 0 Å². The zero-order valence-electron chi connectivity index (χ0n) is 11.5. The van der Waals surface area contributed by atoms with Crippen molar-refractivity contribution < 1.29 is 14.3 Å². The fourth-order valence-electron chi connectivity index (χ4n) is 1.90. The maximum absolute atomic E-state index is 12.0. The van der Waals surface area contributed by atoms with Crippen LogP contribution in [0.3, 0.4) is 0 Å². The largest absolute Gasteiger partial charge is 0.459 e. The molecule has 0 bridgehead atoms. The molecule has 5 nitrogen and oxygen atoms in total. The van der Waals surface area contributed by atoms with Crippen molar-refractivity contribution in [3.8, 4) is 0 Å². The fraction of sp³-hybridized carbons (Fsp3) is 0.385. The first-order valence-corrected chi connectivity index (χ1v) is 8.40. The molecule has 2 rings (SSSR count). The topological polar surface area (TPSA) is 67.4 Å². The lowest BCUT2D eigenvalue weighted by Gasteiger charge is -2.23. The number of allylic oxidation sites excluding steroid dienone is 3. The van der Waals surface area contributed by atoms with Crippen LogP contribution < -0.4 is 10.6 Å². The Kier molecular flexibility index (Phi) is 5.71. The van der Waals surface area contributed by atoms with E-state index in [2.05, 4.69) is 10.6 Å². The minimum absolute atomic E-state index is 0.0385. The molecule has 22 heavy (non-hydrogen) atoms. The van der Waals surface area contributed by atoms with Crippen LogP contribution in [0.4, 0.5) is 0 Å². The second-order valence-electron chi connectivity index (χ2n) is 4.61. The quantitative estimate of drug-likeness (QED) is 0.579. The SMILES string of the molecule is CC1=C(C2=CC(C(=O)OCC(Cl)(Cl)Cl)NC=C2)SCC(=O)N1. The summed E-state index contributed by atoms with van der Waals surface area (Å²) in [5.41, 5.74) is 1.59. The minimum Gasteiger partial charge on any atom is -0.459 e. The third-order valence-corrected chi connectivity index (χ3v) is 4.36. The highest BCUT2D eigenvalue weighted by molar-refractivity contribution is 8.04. The molecule has 0 radical (unpaired) electrons. The molecular formula is C13H13Cl3N2O3S. The molecule has 0 aliphatic carbocycles. The summed E-state index contributed by atoms with van der Waals surface area (Å²) in [7, 11) is 0. The monoisotopic (exact) mass is 382 g/mol. The van der Waals surface area contributed by atoms with Gasteiger partial charge in [0.2, 0.25) is 9.70 Å². The van der Waals surface area contributed by atoms with E-state index in [4.69, 9.17) is 39.5 Å². The number of nitrogens with one attached hydrogen (secondary N) is 2. The third-order valence-electron chi connectivity index (χ3n) is 2.79. The molecule has 0 spiro atoms. The molecule has 2 aliphatic heterocycles. The van der Waals surface area contributed by atoms with Gasteiger partial charge in [-0.1, -0.05) is 34.8 Å². The van der Waals surface area contributed by atoms with E-state index >= 15 is 0 Å². The van der Waals surface area contributed by atoms with Crippen LogP contribution in [0, 0.1) is 0 Å². The van der Waals surface area contributed by atoms with Crippen molar-refractivity contribution in [2.24, 2.45) is 0 Å². The first-order valence-electron chi connectivity index (χ1n) is 6.28. The first-order chi connectivity index (χ1) is 10.3. The molecule has 1 unspecified atom stereocenters. The predicted molar refractivity (Wildman–Crippen MR) is 88.7 cm³/mol. The Morgan fingerprint density at radius 3 is 2.86 bits per heavy atom. The van der Waals surface area contributed by atoms with Gasteiger partial charge in [-0.25, -0.2) is 4.79 Å². The van der Waals surface area contributed by atoms with Gasteiger partial charge in [0, 0.05) is 10.6 Å². The lowest BCUT2D eigenvalue weighted by atomic mass is 10.1. The van der Waals surface area contributed by atoms with E-state index in [0.29, 0.717) is 5.75 Å². The zero-order chi connectivity index (χ0) is 16.3. The Balaban J connectivity index is 2.09. The molecule has 2 N–H and O–H groups in total. The highest BCUT2D eigenvalue weighted by atomic mass is 35.6. The van der Waals surface area contributed by atoms with Crippen LogP contribution in [0.5, 0.6) is 0 Å². The number of esters is 1. The molecule has 0 saturated heterocycles. The van der Waals surface area contributed by atoms with E-state index in [1.807, 2.05) is 13.0 Å². The highest BCUT2D eigenvalue weighted by Crippen LogP contribution is 2.31. The van der Waals surface area contributed by atoms with Crippen molar-refractivity contribution >= 4 is 58.4 Å². The molecule has 2 heterocycles.